The molecular weight excluding hydrogens is 164 g/mol. The second-order valence-electron chi connectivity index (χ2n) is 3.24. The molecule has 1 rings (SSSR count). The highest BCUT2D eigenvalue weighted by molar-refractivity contribution is 5.87. The minimum atomic E-state index is -0.865. The van der Waals surface area contributed by atoms with E-state index >= 15 is 0 Å². The third-order valence-corrected chi connectivity index (χ3v) is 2.34. The number of hydrogen-bond acceptors (Lipinski definition) is 1. The Morgan fingerprint density at radius 3 is 2.31 bits per heavy atom. The van der Waals surface area contributed by atoms with Crippen molar-refractivity contribution in [1.29, 1.82) is 0 Å². The molecule has 13 heavy (non-hydrogen) atoms. The van der Waals surface area contributed by atoms with E-state index < -0.39 is 5.97 Å². The molecule has 0 saturated carbocycles. The minimum absolute atomic E-state index is 0.354. The molecule has 0 spiro atoms. The van der Waals surface area contributed by atoms with Crippen LogP contribution in [0.3, 0.4) is 0 Å². The molecule has 0 unspecified atom stereocenters. The molecule has 0 saturated heterocycles. The summed E-state index contributed by atoms with van der Waals surface area (Å²) < 4.78 is 0. The van der Waals surface area contributed by atoms with Crippen LogP contribution in [0.5, 0.6) is 0 Å². The summed E-state index contributed by atoms with van der Waals surface area (Å²) in [6.07, 6.45) is 1.08. The standard InChI is InChI=1S/C11H14O2/c1-3-8(2)9-4-6-10(7-5-9)11(12)13/h4-8H,3H2,1-2H3,(H,12,13)/t8-/m1/s1. The fourth-order valence-electron chi connectivity index (χ4n) is 1.19. The van der Waals surface area contributed by atoms with E-state index in [-0.39, 0.29) is 0 Å². The Bertz CT molecular complexity index is 287. The Balaban J connectivity index is 2.87. The van der Waals surface area contributed by atoms with Gasteiger partial charge < -0.3 is 5.11 Å². The van der Waals surface area contributed by atoms with Crippen molar-refractivity contribution in [3.63, 3.8) is 0 Å². The summed E-state index contributed by atoms with van der Waals surface area (Å²) in [6.45, 7) is 4.26. The first-order chi connectivity index (χ1) is 6.15. The van der Waals surface area contributed by atoms with Crippen LogP contribution in [0.1, 0.15) is 42.1 Å². The third kappa shape index (κ3) is 2.31. The lowest BCUT2D eigenvalue weighted by molar-refractivity contribution is 0.0697. The second kappa shape index (κ2) is 4.08. The zero-order valence-electron chi connectivity index (χ0n) is 7.95. The van der Waals surface area contributed by atoms with Crippen LogP contribution in [-0.4, -0.2) is 11.1 Å². The van der Waals surface area contributed by atoms with Crippen LogP contribution >= 0.6 is 0 Å². The highest BCUT2D eigenvalue weighted by Crippen LogP contribution is 2.18. The molecule has 1 aromatic rings. The van der Waals surface area contributed by atoms with Crippen molar-refractivity contribution in [2.45, 2.75) is 26.2 Å². The number of carboxylic acids is 1. The Morgan fingerprint density at radius 1 is 1.38 bits per heavy atom. The summed E-state index contributed by atoms with van der Waals surface area (Å²) >= 11 is 0. The van der Waals surface area contributed by atoms with Crippen molar-refractivity contribution in [3.8, 4) is 0 Å². The largest absolute Gasteiger partial charge is 0.478 e. The number of carbonyl (C=O) groups is 1. The monoisotopic (exact) mass is 178 g/mol. The molecule has 0 amide bonds. The topological polar surface area (TPSA) is 37.3 Å². The predicted molar refractivity (Wildman–Crippen MR) is 52.1 cm³/mol. The number of rotatable bonds is 3. The van der Waals surface area contributed by atoms with Crippen molar-refractivity contribution in [2.24, 2.45) is 0 Å². The zero-order valence-corrected chi connectivity index (χ0v) is 7.95. The molecule has 0 aliphatic rings. The van der Waals surface area contributed by atoms with Gasteiger partial charge in [0.15, 0.2) is 0 Å². The van der Waals surface area contributed by atoms with Crippen molar-refractivity contribution >= 4 is 5.97 Å². The van der Waals surface area contributed by atoms with Crippen LogP contribution in [0.15, 0.2) is 24.3 Å². The highest BCUT2D eigenvalue weighted by atomic mass is 16.4. The number of aromatic carboxylic acids is 1. The van der Waals surface area contributed by atoms with Gasteiger partial charge in [-0.15, -0.1) is 0 Å². The first-order valence-electron chi connectivity index (χ1n) is 4.48. The van der Waals surface area contributed by atoms with E-state index in [4.69, 9.17) is 5.11 Å². The first kappa shape index (κ1) is 9.78. The van der Waals surface area contributed by atoms with Crippen LogP contribution < -0.4 is 0 Å². The van der Waals surface area contributed by atoms with Gasteiger partial charge in [-0.25, -0.2) is 4.79 Å². The van der Waals surface area contributed by atoms with E-state index in [1.165, 1.54) is 5.56 Å². The summed E-state index contributed by atoms with van der Waals surface area (Å²) in [4.78, 5) is 10.6. The molecule has 0 aromatic heterocycles. The van der Waals surface area contributed by atoms with Gasteiger partial charge in [0.2, 0.25) is 0 Å². The maximum Gasteiger partial charge on any atom is 0.335 e. The van der Waals surface area contributed by atoms with Gasteiger partial charge in [-0.05, 0) is 30.0 Å². The Kier molecular flexibility index (Phi) is 3.07. The predicted octanol–water partition coefficient (Wildman–Crippen LogP) is 2.90. The van der Waals surface area contributed by atoms with Gasteiger partial charge in [0.05, 0.1) is 5.56 Å². The summed E-state index contributed by atoms with van der Waals surface area (Å²) in [6, 6.07) is 7.09. The van der Waals surface area contributed by atoms with Crippen LogP contribution in [0.2, 0.25) is 0 Å². The van der Waals surface area contributed by atoms with Gasteiger partial charge in [0.1, 0.15) is 0 Å². The van der Waals surface area contributed by atoms with Crippen molar-refractivity contribution < 1.29 is 9.90 Å². The molecule has 1 N–H and O–H groups in total. The van der Waals surface area contributed by atoms with Crippen LogP contribution in [0, 0.1) is 0 Å². The molecule has 1 aromatic carbocycles. The molecular formula is C11H14O2. The van der Waals surface area contributed by atoms with Crippen molar-refractivity contribution in [2.75, 3.05) is 0 Å². The molecule has 0 heterocycles. The average Bonchev–Trinajstić information content (AvgIpc) is 2.17. The van der Waals surface area contributed by atoms with Gasteiger partial charge in [-0.3, -0.25) is 0 Å². The molecule has 70 valence electrons. The summed E-state index contributed by atoms with van der Waals surface area (Å²) in [5.41, 5.74) is 1.56. The number of hydrogen-bond donors (Lipinski definition) is 1. The fourth-order valence-corrected chi connectivity index (χ4v) is 1.19. The van der Waals surface area contributed by atoms with Crippen LogP contribution in [0.25, 0.3) is 0 Å². The molecule has 2 nitrogen and oxygen atoms in total. The van der Waals surface area contributed by atoms with Crippen molar-refractivity contribution in [3.05, 3.63) is 35.4 Å². The molecule has 1 atom stereocenters. The maximum atomic E-state index is 10.6. The normalized spacial score (nSPS) is 12.5. The molecule has 0 bridgehead atoms. The van der Waals surface area contributed by atoms with E-state index in [2.05, 4.69) is 13.8 Å². The van der Waals surface area contributed by atoms with Crippen LogP contribution in [0.4, 0.5) is 0 Å². The highest BCUT2D eigenvalue weighted by Gasteiger charge is 2.05. The van der Waals surface area contributed by atoms with Gasteiger partial charge in [-0.2, -0.15) is 0 Å². The molecule has 0 fully saturated rings. The first-order valence-corrected chi connectivity index (χ1v) is 4.48. The van der Waals surface area contributed by atoms with Crippen molar-refractivity contribution in [1.82, 2.24) is 0 Å². The Labute approximate surface area is 78.2 Å². The second-order valence-corrected chi connectivity index (χ2v) is 3.24. The average molecular weight is 178 g/mol. The summed E-state index contributed by atoms with van der Waals surface area (Å²) in [7, 11) is 0. The smallest absolute Gasteiger partial charge is 0.335 e. The number of benzene rings is 1. The fraction of sp³-hybridized carbons (Fsp3) is 0.364. The molecule has 0 radical (unpaired) electrons. The Morgan fingerprint density at radius 2 is 1.92 bits per heavy atom. The molecule has 0 aliphatic carbocycles. The lowest BCUT2D eigenvalue weighted by Gasteiger charge is -2.08. The SMILES string of the molecule is CC[C@@H](C)c1ccc(C(=O)O)cc1. The van der Waals surface area contributed by atoms with Gasteiger partial charge in [0, 0.05) is 0 Å². The van der Waals surface area contributed by atoms with Gasteiger partial charge in [0.25, 0.3) is 0 Å². The lowest BCUT2D eigenvalue weighted by Crippen LogP contribution is -1.97. The number of carboxylic acid groups (broad SMARTS) is 1. The van der Waals surface area contributed by atoms with Gasteiger partial charge in [-0.1, -0.05) is 26.0 Å². The molecule has 0 aliphatic heterocycles. The maximum absolute atomic E-state index is 10.6. The quantitative estimate of drug-likeness (QED) is 0.772. The summed E-state index contributed by atoms with van der Waals surface area (Å²) in [5, 5.41) is 8.67. The lowest BCUT2D eigenvalue weighted by atomic mass is 9.98. The van der Waals surface area contributed by atoms with Crippen LogP contribution in [-0.2, 0) is 0 Å². The van der Waals surface area contributed by atoms with E-state index in [0.29, 0.717) is 11.5 Å². The van der Waals surface area contributed by atoms with E-state index in [1.807, 2.05) is 12.1 Å². The Hall–Kier alpha value is -1.31. The molecule has 2 heteroatoms. The van der Waals surface area contributed by atoms with E-state index in [1.54, 1.807) is 12.1 Å². The van der Waals surface area contributed by atoms with Gasteiger partial charge >= 0.3 is 5.97 Å². The third-order valence-electron chi connectivity index (χ3n) is 2.34. The zero-order chi connectivity index (χ0) is 9.84. The minimum Gasteiger partial charge on any atom is -0.478 e. The van der Waals surface area contributed by atoms with E-state index in [9.17, 15) is 4.79 Å². The van der Waals surface area contributed by atoms with E-state index in [0.717, 1.165) is 6.42 Å². The summed E-state index contributed by atoms with van der Waals surface area (Å²) in [5.74, 6) is -0.362.